The number of aryl methyl sites for hydroxylation is 1. The molecule has 0 N–H and O–H groups in total. The van der Waals surface area contributed by atoms with Gasteiger partial charge in [-0.1, -0.05) is 58.3 Å². The maximum absolute atomic E-state index is 13.1. The average Bonchev–Trinajstić information content (AvgIpc) is 2.67. The standard InChI is InChI=1S/C23H31FN2/c1-2-3-4-5-6-7-8-9-18-10-15-22-20(16-18)17-25-23(26-22)19-11-13-21(24)14-12-19/h11-14,17-18H,2-10,15-16H2,1H3. The van der Waals surface area contributed by atoms with Crippen LogP contribution in [0.2, 0.25) is 0 Å². The molecule has 1 heterocycles. The highest BCUT2D eigenvalue weighted by Crippen LogP contribution is 2.29. The van der Waals surface area contributed by atoms with E-state index in [0.717, 1.165) is 24.3 Å². The van der Waals surface area contributed by atoms with Crippen molar-refractivity contribution in [1.82, 2.24) is 9.97 Å². The minimum atomic E-state index is -0.222. The lowest BCUT2D eigenvalue weighted by Gasteiger charge is -2.24. The zero-order chi connectivity index (χ0) is 18.2. The molecule has 1 aliphatic rings. The first kappa shape index (κ1) is 19.0. The first-order valence-corrected chi connectivity index (χ1v) is 10.4. The molecule has 0 amide bonds. The first-order chi connectivity index (χ1) is 12.8. The Hall–Kier alpha value is -1.77. The number of hydrogen-bond acceptors (Lipinski definition) is 2. The highest BCUT2D eigenvalue weighted by molar-refractivity contribution is 5.55. The molecule has 1 atom stereocenters. The molecule has 0 bridgehead atoms. The van der Waals surface area contributed by atoms with E-state index < -0.39 is 0 Å². The van der Waals surface area contributed by atoms with Crippen molar-refractivity contribution in [3.8, 4) is 11.4 Å². The maximum Gasteiger partial charge on any atom is 0.159 e. The number of nitrogens with zero attached hydrogens (tertiary/aromatic N) is 2. The molecule has 1 aliphatic carbocycles. The van der Waals surface area contributed by atoms with Crippen molar-refractivity contribution < 1.29 is 4.39 Å². The maximum atomic E-state index is 13.1. The number of unbranched alkanes of at least 4 members (excludes halogenated alkanes) is 6. The van der Waals surface area contributed by atoms with E-state index >= 15 is 0 Å². The van der Waals surface area contributed by atoms with E-state index in [1.807, 2.05) is 6.20 Å². The molecule has 1 aromatic carbocycles. The van der Waals surface area contributed by atoms with Gasteiger partial charge in [0.1, 0.15) is 5.82 Å². The van der Waals surface area contributed by atoms with Gasteiger partial charge in [-0.3, -0.25) is 0 Å². The fourth-order valence-corrected chi connectivity index (χ4v) is 3.96. The second-order valence-electron chi connectivity index (χ2n) is 7.69. The third-order valence-corrected chi connectivity index (χ3v) is 5.57. The zero-order valence-corrected chi connectivity index (χ0v) is 16.0. The predicted molar refractivity (Wildman–Crippen MR) is 106 cm³/mol. The van der Waals surface area contributed by atoms with Crippen LogP contribution in [0.3, 0.4) is 0 Å². The van der Waals surface area contributed by atoms with Crippen LogP contribution in [0.25, 0.3) is 11.4 Å². The molecule has 3 heteroatoms. The lowest BCUT2D eigenvalue weighted by molar-refractivity contribution is 0.399. The summed E-state index contributed by atoms with van der Waals surface area (Å²) in [5.74, 6) is 1.28. The number of fused-ring (bicyclic) bond motifs is 1. The van der Waals surface area contributed by atoms with Gasteiger partial charge >= 0.3 is 0 Å². The first-order valence-electron chi connectivity index (χ1n) is 10.4. The number of aromatic nitrogens is 2. The third kappa shape index (κ3) is 5.36. The van der Waals surface area contributed by atoms with E-state index in [0.29, 0.717) is 5.82 Å². The number of rotatable bonds is 9. The van der Waals surface area contributed by atoms with Crippen molar-refractivity contribution in [2.24, 2.45) is 5.92 Å². The van der Waals surface area contributed by atoms with Crippen LogP contribution >= 0.6 is 0 Å². The number of benzene rings is 1. The van der Waals surface area contributed by atoms with Crippen molar-refractivity contribution in [2.75, 3.05) is 0 Å². The van der Waals surface area contributed by atoms with E-state index in [2.05, 4.69) is 11.9 Å². The van der Waals surface area contributed by atoms with Crippen LogP contribution in [0.1, 0.15) is 76.0 Å². The molecule has 0 aliphatic heterocycles. The molecular weight excluding hydrogens is 323 g/mol. The summed E-state index contributed by atoms with van der Waals surface area (Å²) in [6.45, 7) is 2.27. The van der Waals surface area contributed by atoms with Gasteiger partial charge in [-0.05, 0) is 55.0 Å². The molecule has 2 nitrogen and oxygen atoms in total. The molecule has 3 rings (SSSR count). The summed E-state index contributed by atoms with van der Waals surface area (Å²) in [6.07, 6.45) is 16.4. The molecule has 0 saturated heterocycles. The van der Waals surface area contributed by atoms with Crippen LogP contribution < -0.4 is 0 Å². The van der Waals surface area contributed by atoms with Crippen LogP contribution in [0, 0.1) is 11.7 Å². The summed E-state index contributed by atoms with van der Waals surface area (Å²) in [5.41, 5.74) is 3.39. The van der Waals surface area contributed by atoms with E-state index in [-0.39, 0.29) is 5.82 Å². The van der Waals surface area contributed by atoms with E-state index in [4.69, 9.17) is 4.98 Å². The van der Waals surface area contributed by atoms with Crippen molar-refractivity contribution in [3.63, 3.8) is 0 Å². The van der Waals surface area contributed by atoms with E-state index in [1.165, 1.54) is 81.2 Å². The van der Waals surface area contributed by atoms with Gasteiger partial charge in [-0.2, -0.15) is 0 Å². The number of hydrogen-bond donors (Lipinski definition) is 0. The zero-order valence-electron chi connectivity index (χ0n) is 16.0. The van der Waals surface area contributed by atoms with Gasteiger partial charge in [0.05, 0.1) is 0 Å². The highest BCUT2D eigenvalue weighted by Gasteiger charge is 2.20. The molecule has 0 saturated carbocycles. The summed E-state index contributed by atoms with van der Waals surface area (Å²) in [5, 5.41) is 0. The Morgan fingerprint density at radius 3 is 2.50 bits per heavy atom. The topological polar surface area (TPSA) is 25.8 Å². The SMILES string of the molecule is CCCCCCCCCC1CCc2nc(-c3ccc(F)cc3)ncc2C1. The van der Waals surface area contributed by atoms with Crippen LogP contribution in [0.15, 0.2) is 30.5 Å². The Balaban J connectivity index is 1.48. The van der Waals surface area contributed by atoms with Gasteiger partial charge in [0.2, 0.25) is 0 Å². The number of halogens is 1. The Morgan fingerprint density at radius 1 is 1.00 bits per heavy atom. The molecule has 26 heavy (non-hydrogen) atoms. The Bertz CT molecular complexity index is 681. The van der Waals surface area contributed by atoms with Gasteiger partial charge in [0.15, 0.2) is 5.82 Å². The monoisotopic (exact) mass is 354 g/mol. The average molecular weight is 355 g/mol. The third-order valence-electron chi connectivity index (χ3n) is 5.57. The molecule has 0 fully saturated rings. The Kier molecular flexibility index (Phi) is 7.16. The van der Waals surface area contributed by atoms with Gasteiger partial charge in [0, 0.05) is 17.5 Å². The molecule has 1 unspecified atom stereocenters. The summed E-state index contributed by atoms with van der Waals surface area (Å²) < 4.78 is 13.1. The van der Waals surface area contributed by atoms with Crippen LogP contribution in [-0.2, 0) is 12.8 Å². The quantitative estimate of drug-likeness (QED) is 0.478. The summed E-state index contributed by atoms with van der Waals surface area (Å²) in [7, 11) is 0. The molecular formula is C23H31FN2. The normalized spacial score (nSPS) is 16.5. The van der Waals surface area contributed by atoms with Crippen molar-refractivity contribution in [2.45, 2.75) is 77.6 Å². The molecule has 1 aromatic heterocycles. The van der Waals surface area contributed by atoms with Crippen molar-refractivity contribution in [1.29, 1.82) is 0 Å². The largest absolute Gasteiger partial charge is 0.236 e. The Morgan fingerprint density at radius 2 is 1.73 bits per heavy atom. The summed E-state index contributed by atoms with van der Waals surface area (Å²) in [4.78, 5) is 9.28. The minimum absolute atomic E-state index is 0.222. The lowest BCUT2D eigenvalue weighted by atomic mass is 9.84. The van der Waals surface area contributed by atoms with Gasteiger partial charge in [0.25, 0.3) is 0 Å². The lowest BCUT2D eigenvalue weighted by Crippen LogP contribution is -2.16. The van der Waals surface area contributed by atoms with E-state index in [9.17, 15) is 4.39 Å². The molecule has 2 aromatic rings. The minimum Gasteiger partial charge on any atom is -0.236 e. The second kappa shape index (κ2) is 9.80. The van der Waals surface area contributed by atoms with Crippen LogP contribution in [0.4, 0.5) is 4.39 Å². The molecule has 0 spiro atoms. The summed E-state index contributed by atoms with van der Waals surface area (Å²) >= 11 is 0. The molecule has 0 radical (unpaired) electrons. The van der Waals surface area contributed by atoms with Gasteiger partial charge < -0.3 is 0 Å². The van der Waals surface area contributed by atoms with Gasteiger partial charge in [-0.15, -0.1) is 0 Å². The van der Waals surface area contributed by atoms with Crippen LogP contribution in [-0.4, -0.2) is 9.97 Å². The van der Waals surface area contributed by atoms with E-state index in [1.54, 1.807) is 12.1 Å². The predicted octanol–water partition coefficient (Wildman–Crippen LogP) is 6.53. The summed E-state index contributed by atoms with van der Waals surface area (Å²) in [6, 6.07) is 6.44. The fraction of sp³-hybridized carbons (Fsp3) is 0.565. The van der Waals surface area contributed by atoms with Gasteiger partial charge in [-0.25, -0.2) is 14.4 Å². The highest BCUT2D eigenvalue weighted by atomic mass is 19.1. The molecule has 140 valence electrons. The Labute approximate surface area is 157 Å². The fourth-order valence-electron chi connectivity index (χ4n) is 3.96. The van der Waals surface area contributed by atoms with Crippen LogP contribution in [0.5, 0.6) is 0 Å². The second-order valence-corrected chi connectivity index (χ2v) is 7.69. The smallest absolute Gasteiger partial charge is 0.159 e. The van der Waals surface area contributed by atoms with Crippen molar-refractivity contribution in [3.05, 3.63) is 47.5 Å². The van der Waals surface area contributed by atoms with Crippen molar-refractivity contribution >= 4 is 0 Å².